The van der Waals surface area contributed by atoms with Gasteiger partial charge in [0.25, 0.3) is 0 Å². The van der Waals surface area contributed by atoms with Gasteiger partial charge in [0.05, 0.1) is 25.7 Å². The summed E-state index contributed by atoms with van der Waals surface area (Å²) in [6, 6.07) is 23.3. The Labute approximate surface area is 196 Å². The summed E-state index contributed by atoms with van der Waals surface area (Å²) >= 11 is 1.32. The van der Waals surface area contributed by atoms with Crippen molar-refractivity contribution < 1.29 is 14.3 Å². The number of hydrogen-bond acceptors (Lipinski definition) is 6. The fraction of sp³-hybridized carbons (Fsp3) is 0.160. The van der Waals surface area contributed by atoms with Crippen molar-refractivity contribution in [2.45, 2.75) is 12.1 Å². The lowest BCUT2D eigenvalue weighted by Gasteiger charge is -2.12. The minimum absolute atomic E-state index is 0.161. The summed E-state index contributed by atoms with van der Waals surface area (Å²) in [6.45, 7) is 2.05. The molecule has 1 heterocycles. The number of nitrogens with one attached hydrogen (secondary N) is 1. The number of anilines is 1. The van der Waals surface area contributed by atoms with Crippen molar-refractivity contribution in [1.82, 2.24) is 14.8 Å². The van der Waals surface area contributed by atoms with Crippen LogP contribution in [-0.4, -0.2) is 40.6 Å². The molecule has 1 amide bonds. The maximum Gasteiger partial charge on any atom is 0.234 e. The van der Waals surface area contributed by atoms with Gasteiger partial charge in [0.2, 0.25) is 5.91 Å². The van der Waals surface area contributed by atoms with Gasteiger partial charge in [-0.25, -0.2) is 0 Å². The Balaban J connectivity index is 1.56. The molecule has 0 saturated heterocycles. The second-order valence-corrected chi connectivity index (χ2v) is 8.19. The smallest absolute Gasteiger partial charge is 0.234 e. The minimum atomic E-state index is -0.178. The Morgan fingerprint density at radius 1 is 0.970 bits per heavy atom. The van der Waals surface area contributed by atoms with Gasteiger partial charge >= 0.3 is 0 Å². The zero-order valence-electron chi connectivity index (χ0n) is 18.6. The van der Waals surface area contributed by atoms with E-state index in [0.717, 1.165) is 17.1 Å². The Hall–Kier alpha value is -3.78. The predicted molar refractivity (Wildman–Crippen MR) is 130 cm³/mol. The lowest BCUT2D eigenvalue weighted by atomic mass is 10.1. The van der Waals surface area contributed by atoms with Crippen LogP contribution in [0.3, 0.4) is 0 Å². The molecule has 7 nitrogen and oxygen atoms in total. The lowest BCUT2D eigenvalue weighted by molar-refractivity contribution is -0.113. The number of amides is 1. The number of hydrogen-bond donors (Lipinski definition) is 1. The number of methoxy groups -OCH3 is 2. The molecule has 0 saturated carbocycles. The van der Waals surface area contributed by atoms with Crippen LogP contribution in [0.15, 0.2) is 78.0 Å². The van der Waals surface area contributed by atoms with E-state index in [2.05, 4.69) is 15.5 Å². The van der Waals surface area contributed by atoms with E-state index in [1.165, 1.54) is 17.3 Å². The van der Waals surface area contributed by atoms with Crippen molar-refractivity contribution in [3.8, 4) is 28.6 Å². The first-order valence-corrected chi connectivity index (χ1v) is 11.3. The van der Waals surface area contributed by atoms with Gasteiger partial charge in [-0.2, -0.15) is 0 Å². The van der Waals surface area contributed by atoms with Gasteiger partial charge in [-0.15, -0.1) is 10.2 Å². The van der Waals surface area contributed by atoms with E-state index >= 15 is 0 Å². The van der Waals surface area contributed by atoms with Crippen molar-refractivity contribution in [2.75, 3.05) is 25.3 Å². The number of ether oxygens (including phenoxy) is 2. The quantitative estimate of drug-likeness (QED) is 0.373. The van der Waals surface area contributed by atoms with E-state index in [0.29, 0.717) is 22.3 Å². The van der Waals surface area contributed by atoms with E-state index in [1.54, 1.807) is 32.4 Å². The molecule has 0 unspecified atom stereocenters. The molecule has 1 N–H and O–H groups in total. The van der Waals surface area contributed by atoms with Crippen LogP contribution >= 0.6 is 11.8 Å². The van der Waals surface area contributed by atoms with Crippen LogP contribution in [0.1, 0.15) is 5.56 Å². The van der Waals surface area contributed by atoms with Crippen molar-refractivity contribution in [3.63, 3.8) is 0 Å². The number of thioether (sulfide) groups is 1. The molecule has 0 aliphatic heterocycles. The van der Waals surface area contributed by atoms with Crippen LogP contribution < -0.4 is 14.8 Å². The van der Waals surface area contributed by atoms with Crippen LogP contribution in [0.4, 0.5) is 5.69 Å². The first kappa shape index (κ1) is 22.4. The van der Waals surface area contributed by atoms with Gasteiger partial charge in [0.15, 0.2) is 11.0 Å². The van der Waals surface area contributed by atoms with Gasteiger partial charge < -0.3 is 14.8 Å². The van der Waals surface area contributed by atoms with Crippen LogP contribution in [0.5, 0.6) is 11.5 Å². The molecule has 0 spiro atoms. The van der Waals surface area contributed by atoms with Crippen molar-refractivity contribution >= 4 is 23.4 Å². The molecule has 8 heteroatoms. The molecule has 4 aromatic rings. The standard InChI is InChI=1S/C25H24N4O3S/c1-17-9-11-18(12-10-17)24-27-28-25(29(24)19-7-5-4-6-8-19)33-16-23(30)26-21-14-13-20(31-2)15-22(21)32-3/h4-15H,16H2,1-3H3,(H,26,30). The van der Waals surface area contributed by atoms with Gasteiger partial charge in [-0.1, -0.05) is 59.8 Å². The highest BCUT2D eigenvalue weighted by Crippen LogP contribution is 2.31. The second kappa shape index (κ2) is 10.2. The van der Waals surface area contributed by atoms with Crippen LogP contribution in [0.2, 0.25) is 0 Å². The van der Waals surface area contributed by atoms with Crippen LogP contribution in [-0.2, 0) is 4.79 Å². The molecule has 1 aromatic heterocycles. The molecule has 168 valence electrons. The van der Waals surface area contributed by atoms with Gasteiger partial charge in [0.1, 0.15) is 11.5 Å². The molecule has 0 radical (unpaired) electrons. The van der Waals surface area contributed by atoms with Crippen molar-refractivity contribution in [1.29, 1.82) is 0 Å². The maximum absolute atomic E-state index is 12.7. The average molecular weight is 461 g/mol. The van der Waals surface area contributed by atoms with Crippen molar-refractivity contribution in [2.24, 2.45) is 0 Å². The molecule has 0 bridgehead atoms. The summed E-state index contributed by atoms with van der Waals surface area (Å²) in [4.78, 5) is 12.7. The highest BCUT2D eigenvalue weighted by atomic mass is 32.2. The lowest BCUT2D eigenvalue weighted by Crippen LogP contribution is -2.15. The third-order valence-corrected chi connectivity index (χ3v) is 5.90. The summed E-state index contributed by atoms with van der Waals surface area (Å²) in [5, 5.41) is 12.3. The molecule has 33 heavy (non-hydrogen) atoms. The average Bonchev–Trinajstić information content (AvgIpc) is 3.28. The van der Waals surface area contributed by atoms with Gasteiger partial charge in [-0.05, 0) is 31.2 Å². The number of rotatable bonds is 8. The van der Waals surface area contributed by atoms with E-state index in [9.17, 15) is 4.79 Å². The molecular weight excluding hydrogens is 436 g/mol. The maximum atomic E-state index is 12.7. The molecular formula is C25H24N4O3S. The zero-order chi connectivity index (χ0) is 23.2. The molecule has 0 aliphatic rings. The highest BCUT2D eigenvalue weighted by Gasteiger charge is 2.18. The minimum Gasteiger partial charge on any atom is -0.497 e. The Morgan fingerprint density at radius 3 is 2.42 bits per heavy atom. The Morgan fingerprint density at radius 2 is 1.73 bits per heavy atom. The number of carbonyl (C=O) groups is 1. The summed E-state index contributed by atoms with van der Waals surface area (Å²) in [5.74, 6) is 1.89. The third kappa shape index (κ3) is 5.18. The third-order valence-electron chi connectivity index (χ3n) is 4.97. The van der Waals surface area contributed by atoms with Gasteiger partial charge in [-0.3, -0.25) is 9.36 Å². The molecule has 0 fully saturated rings. The molecule has 3 aromatic carbocycles. The Bertz CT molecular complexity index is 1240. The number of nitrogens with zero attached hydrogens (tertiary/aromatic N) is 3. The second-order valence-electron chi connectivity index (χ2n) is 7.25. The zero-order valence-corrected chi connectivity index (χ0v) is 19.4. The van der Waals surface area contributed by atoms with Crippen LogP contribution in [0.25, 0.3) is 17.1 Å². The summed E-state index contributed by atoms with van der Waals surface area (Å²) in [7, 11) is 3.13. The molecule has 0 aliphatic carbocycles. The molecule has 0 atom stereocenters. The number of para-hydroxylation sites is 1. The summed E-state index contributed by atoms with van der Waals surface area (Å²) < 4.78 is 12.5. The number of aryl methyl sites for hydroxylation is 1. The topological polar surface area (TPSA) is 78.3 Å². The Kier molecular flexibility index (Phi) is 6.95. The monoisotopic (exact) mass is 460 g/mol. The van der Waals surface area contributed by atoms with Crippen molar-refractivity contribution in [3.05, 3.63) is 78.4 Å². The predicted octanol–water partition coefficient (Wildman–Crippen LogP) is 4.99. The number of carbonyl (C=O) groups excluding carboxylic acids is 1. The number of aromatic nitrogens is 3. The summed E-state index contributed by atoms with van der Waals surface area (Å²) in [6.07, 6.45) is 0. The van der Waals surface area contributed by atoms with E-state index in [-0.39, 0.29) is 11.7 Å². The van der Waals surface area contributed by atoms with E-state index in [1.807, 2.05) is 66.1 Å². The highest BCUT2D eigenvalue weighted by molar-refractivity contribution is 7.99. The first-order chi connectivity index (χ1) is 16.1. The fourth-order valence-corrected chi connectivity index (χ4v) is 4.03. The largest absolute Gasteiger partial charge is 0.497 e. The van der Waals surface area contributed by atoms with E-state index < -0.39 is 0 Å². The first-order valence-electron chi connectivity index (χ1n) is 10.3. The van der Waals surface area contributed by atoms with E-state index in [4.69, 9.17) is 9.47 Å². The number of benzene rings is 3. The summed E-state index contributed by atoms with van der Waals surface area (Å²) in [5.41, 5.74) is 3.63. The van der Waals surface area contributed by atoms with Gasteiger partial charge in [0, 0.05) is 17.3 Å². The fourth-order valence-electron chi connectivity index (χ4n) is 3.28. The SMILES string of the molecule is COc1ccc(NC(=O)CSc2nnc(-c3ccc(C)cc3)n2-c2ccccc2)c(OC)c1. The normalized spacial score (nSPS) is 10.6. The molecule has 4 rings (SSSR count). The van der Waals surface area contributed by atoms with Crippen LogP contribution in [0, 0.1) is 6.92 Å².